The second kappa shape index (κ2) is 11.2. The van der Waals surface area contributed by atoms with Crippen molar-refractivity contribution in [2.75, 3.05) is 0 Å². The van der Waals surface area contributed by atoms with Crippen molar-refractivity contribution in [3.63, 3.8) is 0 Å². The summed E-state index contributed by atoms with van der Waals surface area (Å²) in [4.78, 5) is 0. The molecule has 0 saturated carbocycles. The Bertz CT molecular complexity index is 859. The Balaban J connectivity index is 2.34. The highest BCUT2D eigenvalue weighted by atomic mass is 14.3. The van der Waals surface area contributed by atoms with Gasteiger partial charge in [0.1, 0.15) is 0 Å². The van der Waals surface area contributed by atoms with Crippen molar-refractivity contribution in [3.8, 4) is 0 Å². The molecule has 0 aromatic heterocycles. The lowest BCUT2D eigenvalue weighted by atomic mass is 9.75. The first kappa shape index (κ1) is 23.9. The maximum Gasteiger partial charge on any atom is 0.00924 e. The number of hydrogen-bond acceptors (Lipinski definition) is 0. The van der Waals surface area contributed by atoms with Crippen LogP contribution in [0, 0.1) is 25.2 Å². The van der Waals surface area contributed by atoms with Gasteiger partial charge in [0, 0.05) is 5.92 Å². The molecule has 0 bridgehead atoms. The first-order valence-corrected chi connectivity index (χ1v) is 11.3. The van der Waals surface area contributed by atoms with E-state index in [2.05, 4.69) is 103 Å². The molecule has 0 aliphatic carbocycles. The molecule has 0 aliphatic rings. The summed E-state index contributed by atoms with van der Waals surface area (Å²) >= 11 is 0. The van der Waals surface area contributed by atoms with E-state index in [1.807, 2.05) is 18.2 Å². The smallest absolute Gasteiger partial charge is 0.00924 e. The van der Waals surface area contributed by atoms with E-state index in [0.717, 1.165) is 19.3 Å². The molecule has 0 heteroatoms. The van der Waals surface area contributed by atoms with Crippen molar-refractivity contribution in [1.29, 1.82) is 0 Å². The van der Waals surface area contributed by atoms with Crippen LogP contribution in [-0.2, 0) is 6.42 Å². The number of allylic oxidation sites excluding steroid dienone is 5. The minimum absolute atomic E-state index is 0.296. The van der Waals surface area contributed by atoms with Gasteiger partial charge < -0.3 is 0 Å². The van der Waals surface area contributed by atoms with Gasteiger partial charge in [0.25, 0.3) is 0 Å². The van der Waals surface area contributed by atoms with Crippen LogP contribution in [0.5, 0.6) is 0 Å². The minimum Gasteiger partial charge on any atom is -0.0991 e. The average Bonchev–Trinajstić information content (AvgIpc) is 2.67. The van der Waals surface area contributed by atoms with E-state index in [9.17, 15) is 0 Å². The molecular weight excluding hydrogens is 360 g/mol. The largest absolute Gasteiger partial charge is 0.0991 e. The topological polar surface area (TPSA) is 0 Å². The lowest BCUT2D eigenvalue weighted by molar-refractivity contribution is 0.248. The van der Waals surface area contributed by atoms with Gasteiger partial charge in [0.15, 0.2) is 0 Å². The predicted molar refractivity (Wildman–Crippen MR) is 134 cm³/mol. The van der Waals surface area contributed by atoms with Crippen LogP contribution in [-0.4, -0.2) is 0 Å². The predicted octanol–water partition coefficient (Wildman–Crippen LogP) is 8.74. The summed E-state index contributed by atoms with van der Waals surface area (Å²) in [7, 11) is 0. The first-order valence-electron chi connectivity index (χ1n) is 11.3. The summed E-state index contributed by atoms with van der Waals surface area (Å²) in [6.07, 6.45) is 13.5. The normalized spacial score (nSPS) is 13.4. The molecule has 0 N–H and O–H groups in total. The van der Waals surface area contributed by atoms with Gasteiger partial charge in [-0.25, -0.2) is 0 Å². The molecule has 1 unspecified atom stereocenters. The lowest BCUT2D eigenvalue weighted by Crippen LogP contribution is -2.22. The number of hydrogen-bond donors (Lipinski definition) is 0. The van der Waals surface area contributed by atoms with Crippen LogP contribution in [0.1, 0.15) is 74.3 Å². The third-order valence-electron chi connectivity index (χ3n) is 6.38. The van der Waals surface area contributed by atoms with Gasteiger partial charge in [-0.15, -0.1) is 0 Å². The molecule has 0 heterocycles. The molecule has 160 valence electrons. The Morgan fingerprint density at radius 3 is 2.20 bits per heavy atom. The van der Waals surface area contributed by atoms with E-state index in [1.165, 1.54) is 27.8 Å². The fourth-order valence-electron chi connectivity index (χ4n) is 3.83. The van der Waals surface area contributed by atoms with Crippen LogP contribution >= 0.6 is 0 Å². The van der Waals surface area contributed by atoms with Crippen molar-refractivity contribution in [2.24, 2.45) is 11.3 Å². The van der Waals surface area contributed by atoms with Crippen molar-refractivity contribution >= 4 is 0 Å². The molecule has 0 fully saturated rings. The third-order valence-corrected chi connectivity index (χ3v) is 6.38. The van der Waals surface area contributed by atoms with Crippen molar-refractivity contribution in [3.05, 3.63) is 107 Å². The number of aryl methyl sites for hydroxylation is 2. The van der Waals surface area contributed by atoms with Gasteiger partial charge in [0.05, 0.1) is 0 Å². The van der Waals surface area contributed by atoms with E-state index >= 15 is 0 Å². The van der Waals surface area contributed by atoms with E-state index in [0.29, 0.717) is 17.3 Å². The van der Waals surface area contributed by atoms with E-state index < -0.39 is 0 Å². The average molecular weight is 401 g/mol. The zero-order chi connectivity index (χ0) is 22.1. The Morgan fingerprint density at radius 1 is 0.867 bits per heavy atom. The van der Waals surface area contributed by atoms with Crippen LogP contribution in [0.4, 0.5) is 0 Å². The van der Waals surface area contributed by atoms with Gasteiger partial charge in [-0.2, -0.15) is 0 Å². The maximum atomic E-state index is 3.72. The monoisotopic (exact) mass is 400 g/mol. The quantitative estimate of drug-likeness (QED) is 0.350. The van der Waals surface area contributed by atoms with Crippen molar-refractivity contribution in [1.82, 2.24) is 0 Å². The van der Waals surface area contributed by atoms with E-state index in [1.54, 1.807) is 0 Å². The zero-order valence-electron chi connectivity index (χ0n) is 19.9. The second-order valence-corrected chi connectivity index (χ2v) is 9.66. The Morgan fingerprint density at radius 2 is 1.57 bits per heavy atom. The molecule has 0 aliphatic heterocycles. The molecule has 2 aromatic rings. The highest BCUT2D eigenvalue weighted by Crippen LogP contribution is 2.35. The molecule has 0 amide bonds. The van der Waals surface area contributed by atoms with Crippen molar-refractivity contribution < 1.29 is 0 Å². The molecule has 0 nitrogen and oxygen atoms in total. The molecule has 0 spiro atoms. The van der Waals surface area contributed by atoms with Gasteiger partial charge in [-0.05, 0) is 61.1 Å². The fraction of sp³-hybridized carbons (Fsp3) is 0.400. The first-order chi connectivity index (χ1) is 14.2. The maximum absolute atomic E-state index is 3.72. The summed E-state index contributed by atoms with van der Waals surface area (Å²) in [5, 5.41) is 0. The Hall–Kier alpha value is -2.34. The van der Waals surface area contributed by atoms with Crippen LogP contribution in [0.2, 0.25) is 0 Å². The van der Waals surface area contributed by atoms with Gasteiger partial charge in [-0.3, -0.25) is 0 Å². The summed E-state index contributed by atoms with van der Waals surface area (Å²) < 4.78 is 0. The van der Waals surface area contributed by atoms with Gasteiger partial charge in [-0.1, -0.05) is 118 Å². The standard InChI is InChI=1S/C30H40/c1-8-9-10-11-12-13-14-29(27-17-15-24(4)16-18-27)28-20-25(5)19-26(21-28)22-30(6,7)23(2)3/h8-12,15-21,23,29H,1,13-14,22H2,2-7H3/b10-9-,12-11-. The minimum atomic E-state index is 0.296. The number of benzene rings is 2. The second-order valence-electron chi connectivity index (χ2n) is 9.66. The zero-order valence-corrected chi connectivity index (χ0v) is 19.9. The molecule has 2 rings (SSSR count). The van der Waals surface area contributed by atoms with E-state index in [-0.39, 0.29) is 0 Å². The molecular formula is C30H40. The van der Waals surface area contributed by atoms with Crippen LogP contribution in [0.3, 0.4) is 0 Å². The molecule has 0 radical (unpaired) electrons. The molecule has 1 atom stereocenters. The summed E-state index contributed by atoms with van der Waals surface area (Å²) in [5.41, 5.74) is 7.30. The van der Waals surface area contributed by atoms with Gasteiger partial charge in [0.2, 0.25) is 0 Å². The van der Waals surface area contributed by atoms with Crippen LogP contribution in [0.15, 0.2) is 79.4 Å². The summed E-state index contributed by atoms with van der Waals surface area (Å²) in [5.74, 6) is 1.07. The van der Waals surface area contributed by atoms with Crippen molar-refractivity contribution in [2.45, 2.75) is 66.7 Å². The summed E-state index contributed by atoms with van der Waals surface area (Å²) in [6.45, 7) is 17.6. The summed E-state index contributed by atoms with van der Waals surface area (Å²) in [6, 6.07) is 16.3. The van der Waals surface area contributed by atoms with Crippen LogP contribution < -0.4 is 0 Å². The number of rotatable bonds is 10. The Kier molecular flexibility index (Phi) is 8.90. The SMILES string of the molecule is C=C/C=C\C=C/CCC(c1ccc(C)cc1)c1cc(C)cc(CC(C)(C)C(C)C)c1. The van der Waals surface area contributed by atoms with Gasteiger partial charge >= 0.3 is 0 Å². The fourth-order valence-corrected chi connectivity index (χ4v) is 3.83. The molecule has 30 heavy (non-hydrogen) atoms. The van der Waals surface area contributed by atoms with Crippen LogP contribution in [0.25, 0.3) is 0 Å². The highest BCUT2D eigenvalue weighted by molar-refractivity contribution is 5.39. The highest BCUT2D eigenvalue weighted by Gasteiger charge is 2.23. The molecule has 0 saturated heterocycles. The molecule has 2 aromatic carbocycles. The Labute approximate surface area is 185 Å². The van der Waals surface area contributed by atoms with E-state index in [4.69, 9.17) is 0 Å². The lowest BCUT2D eigenvalue weighted by Gasteiger charge is -2.30. The third kappa shape index (κ3) is 7.17.